The van der Waals surface area contributed by atoms with Crippen molar-refractivity contribution in [3.63, 3.8) is 0 Å². The van der Waals surface area contributed by atoms with E-state index in [2.05, 4.69) is 33.1 Å². The number of carbonyl (C=O) groups excluding carboxylic acids is 1. The molecular weight excluding hydrogens is 525 g/mol. The van der Waals surface area contributed by atoms with Crippen LogP contribution in [-0.2, 0) is 10.0 Å². The predicted molar refractivity (Wildman–Crippen MR) is 130 cm³/mol. The van der Waals surface area contributed by atoms with Crippen molar-refractivity contribution in [1.29, 1.82) is 0 Å². The molecule has 0 atom stereocenters. The van der Waals surface area contributed by atoms with Gasteiger partial charge in [0.15, 0.2) is 0 Å². The SMILES string of the molecule is Cc1ccc(S(=O)(=O)n2cc(/C=N/NC(=O)c3cccc(I)c3)c3ccccc32)cc1. The van der Waals surface area contributed by atoms with Gasteiger partial charge in [-0.1, -0.05) is 42.0 Å². The molecule has 31 heavy (non-hydrogen) atoms. The topological polar surface area (TPSA) is 80.5 Å². The third-order valence-electron chi connectivity index (χ3n) is 4.74. The molecule has 0 aliphatic heterocycles. The third kappa shape index (κ3) is 4.40. The maximum absolute atomic E-state index is 13.2. The lowest BCUT2D eigenvalue weighted by atomic mass is 10.2. The smallest absolute Gasteiger partial charge is 0.267 e. The van der Waals surface area contributed by atoms with Gasteiger partial charge < -0.3 is 0 Å². The van der Waals surface area contributed by atoms with Crippen LogP contribution >= 0.6 is 22.6 Å². The van der Waals surface area contributed by atoms with Crippen LogP contribution < -0.4 is 5.43 Å². The molecule has 156 valence electrons. The zero-order valence-electron chi connectivity index (χ0n) is 16.5. The summed E-state index contributed by atoms with van der Waals surface area (Å²) in [5.74, 6) is -0.342. The number of nitrogens with zero attached hydrogens (tertiary/aromatic N) is 2. The number of hydrogen-bond acceptors (Lipinski definition) is 4. The van der Waals surface area contributed by atoms with Gasteiger partial charge in [0.1, 0.15) is 0 Å². The Kier molecular flexibility index (Phi) is 5.92. The number of aryl methyl sites for hydroxylation is 1. The Bertz CT molecular complexity index is 1410. The van der Waals surface area contributed by atoms with Gasteiger partial charge in [-0.05, 0) is 65.9 Å². The number of aromatic nitrogens is 1. The van der Waals surface area contributed by atoms with Gasteiger partial charge in [0.25, 0.3) is 15.9 Å². The monoisotopic (exact) mass is 543 g/mol. The first-order chi connectivity index (χ1) is 14.9. The molecule has 4 aromatic rings. The Morgan fingerprint density at radius 2 is 1.77 bits per heavy atom. The van der Waals surface area contributed by atoms with Crippen molar-refractivity contribution in [1.82, 2.24) is 9.40 Å². The molecule has 0 spiro atoms. The molecule has 0 saturated heterocycles. The summed E-state index contributed by atoms with van der Waals surface area (Å²) in [5, 5.41) is 4.76. The quantitative estimate of drug-likeness (QED) is 0.228. The van der Waals surface area contributed by atoms with Gasteiger partial charge in [0.2, 0.25) is 0 Å². The van der Waals surface area contributed by atoms with Crippen LogP contribution in [-0.4, -0.2) is 24.5 Å². The maximum Gasteiger partial charge on any atom is 0.271 e. The van der Waals surface area contributed by atoms with Gasteiger partial charge in [-0.3, -0.25) is 4.79 Å². The van der Waals surface area contributed by atoms with E-state index in [1.807, 2.05) is 25.1 Å². The van der Waals surface area contributed by atoms with Crippen LogP contribution in [0.5, 0.6) is 0 Å². The minimum Gasteiger partial charge on any atom is -0.267 e. The predicted octanol–water partition coefficient (Wildman–Crippen LogP) is 4.56. The first-order valence-corrected chi connectivity index (χ1v) is 11.9. The lowest BCUT2D eigenvalue weighted by Crippen LogP contribution is -2.17. The Balaban J connectivity index is 1.68. The molecule has 0 bridgehead atoms. The summed E-state index contributed by atoms with van der Waals surface area (Å²) in [6.45, 7) is 1.90. The number of amides is 1. The number of rotatable bonds is 5. The van der Waals surface area contributed by atoms with Crippen LogP contribution in [0.15, 0.2) is 89.0 Å². The molecule has 1 heterocycles. The molecule has 0 aliphatic carbocycles. The minimum atomic E-state index is -3.78. The first-order valence-electron chi connectivity index (χ1n) is 9.37. The molecule has 1 amide bonds. The summed E-state index contributed by atoms with van der Waals surface area (Å²) in [7, 11) is -3.78. The molecule has 8 heteroatoms. The molecule has 3 aromatic carbocycles. The highest BCUT2D eigenvalue weighted by atomic mass is 127. The summed E-state index contributed by atoms with van der Waals surface area (Å²) >= 11 is 2.13. The van der Waals surface area contributed by atoms with Gasteiger partial charge in [-0.15, -0.1) is 0 Å². The highest BCUT2D eigenvalue weighted by molar-refractivity contribution is 14.1. The van der Waals surface area contributed by atoms with Crippen molar-refractivity contribution >= 4 is 55.6 Å². The number of fused-ring (bicyclic) bond motifs is 1. The Hall–Kier alpha value is -2.98. The number of nitrogens with one attached hydrogen (secondary N) is 1. The van der Waals surface area contributed by atoms with Crippen LogP contribution in [0.2, 0.25) is 0 Å². The lowest BCUT2D eigenvalue weighted by Gasteiger charge is -2.07. The largest absolute Gasteiger partial charge is 0.271 e. The Morgan fingerprint density at radius 3 is 2.52 bits per heavy atom. The molecule has 1 N–H and O–H groups in total. The van der Waals surface area contributed by atoms with Crippen molar-refractivity contribution in [2.45, 2.75) is 11.8 Å². The summed E-state index contributed by atoms with van der Waals surface area (Å²) in [5.41, 5.74) is 5.08. The number of halogens is 1. The summed E-state index contributed by atoms with van der Waals surface area (Å²) < 4.78 is 28.6. The van der Waals surface area contributed by atoms with Crippen LogP contribution in [0.1, 0.15) is 21.5 Å². The number of hydrogen-bond donors (Lipinski definition) is 1. The van der Waals surface area contributed by atoms with Crippen molar-refractivity contribution in [3.8, 4) is 0 Å². The number of para-hydroxylation sites is 1. The molecule has 6 nitrogen and oxygen atoms in total. The van der Waals surface area contributed by atoms with Gasteiger partial charge in [0, 0.05) is 26.3 Å². The molecule has 0 radical (unpaired) electrons. The van der Waals surface area contributed by atoms with E-state index >= 15 is 0 Å². The van der Waals surface area contributed by atoms with Crippen molar-refractivity contribution in [2.24, 2.45) is 5.10 Å². The second kappa shape index (κ2) is 8.64. The molecular formula is C23H18IN3O3S. The van der Waals surface area contributed by atoms with Crippen LogP contribution in [0.4, 0.5) is 0 Å². The zero-order chi connectivity index (χ0) is 22.0. The van der Waals surface area contributed by atoms with E-state index in [1.54, 1.807) is 54.6 Å². The average molecular weight is 543 g/mol. The zero-order valence-corrected chi connectivity index (χ0v) is 19.5. The number of benzene rings is 3. The second-order valence-corrected chi connectivity index (χ2v) is 9.99. The highest BCUT2D eigenvalue weighted by Crippen LogP contribution is 2.25. The van der Waals surface area contributed by atoms with Crippen molar-refractivity contribution in [2.75, 3.05) is 0 Å². The highest BCUT2D eigenvalue weighted by Gasteiger charge is 2.20. The Labute approximate surface area is 193 Å². The first kappa shape index (κ1) is 21.3. The number of carbonyl (C=O) groups is 1. The standard InChI is InChI=1S/C23H18IN3O3S/c1-16-9-11-20(12-10-16)31(29,30)27-15-18(21-7-2-3-8-22(21)27)14-25-26-23(28)17-5-4-6-19(24)13-17/h2-15H,1H3,(H,26,28)/b25-14+. The molecule has 4 rings (SSSR count). The third-order valence-corrected chi connectivity index (χ3v) is 7.10. The average Bonchev–Trinajstić information content (AvgIpc) is 3.14. The number of hydrazone groups is 1. The molecule has 0 aliphatic rings. The van der Waals surface area contributed by atoms with Gasteiger partial charge in [-0.2, -0.15) is 5.10 Å². The Morgan fingerprint density at radius 1 is 1.03 bits per heavy atom. The normalized spacial score (nSPS) is 11.8. The molecule has 1 aromatic heterocycles. The van der Waals surface area contributed by atoms with Crippen molar-refractivity contribution in [3.05, 3.63) is 99.3 Å². The molecule has 0 unspecified atom stereocenters. The van der Waals surface area contributed by atoms with Crippen LogP contribution in [0.25, 0.3) is 10.9 Å². The van der Waals surface area contributed by atoms with Crippen molar-refractivity contribution < 1.29 is 13.2 Å². The molecule has 0 fully saturated rings. The molecule has 0 saturated carbocycles. The van der Waals surface area contributed by atoms with E-state index < -0.39 is 10.0 Å². The minimum absolute atomic E-state index is 0.203. The summed E-state index contributed by atoms with van der Waals surface area (Å²) in [4.78, 5) is 12.5. The van der Waals surface area contributed by atoms with E-state index in [9.17, 15) is 13.2 Å². The van der Waals surface area contributed by atoms with Gasteiger partial charge in [-0.25, -0.2) is 17.8 Å². The maximum atomic E-state index is 13.2. The van der Waals surface area contributed by atoms with Crippen LogP contribution in [0, 0.1) is 10.5 Å². The second-order valence-electron chi connectivity index (χ2n) is 6.92. The fourth-order valence-corrected chi connectivity index (χ4v) is 5.08. The van der Waals surface area contributed by atoms with E-state index in [0.29, 0.717) is 22.0 Å². The van der Waals surface area contributed by atoms with Crippen LogP contribution in [0.3, 0.4) is 0 Å². The van der Waals surface area contributed by atoms with Gasteiger partial charge in [0.05, 0.1) is 16.6 Å². The summed E-state index contributed by atoms with van der Waals surface area (Å²) in [6.07, 6.45) is 2.97. The van der Waals surface area contributed by atoms with E-state index in [1.165, 1.54) is 16.4 Å². The van der Waals surface area contributed by atoms with Gasteiger partial charge >= 0.3 is 0 Å². The fraction of sp³-hybridized carbons (Fsp3) is 0.0435. The lowest BCUT2D eigenvalue weighted by molar-refractivity contribution is 0.0955. The van der Waals surface area contributed by atoms with E-state index in [-0.39, 0.29) is 10.8 Å². The van der Waals surface area contributed by atoms with E-state index in [4.69, 9.17) is 0 Å². The summed E-state index contributed by atoms with van der Waals surface area (Å²) in [6, 6.07) is 21.0. The van der Waals surface area contributed by atoms with E-state index in [0.717, 1.165) is 9.13 Å². The fourth-order valence-electron chi connectivity index (χ4n) is 3.16.